The molecule has 0 aromatic carbocycles. The van der Waals surface area contributed by atoms with Crippen LogP contribution in [0.5, 0.6) is 0 Å². The van der Waals surface area contributed by atoms with Gasteiger partial charge in [-0.2, -0.15) is 13.2 Å². The second-order valence-corrected chi connectivity index (χ2v) is 3.22. The number of nitrogens with zero attached hydrogens (tertiary/aromatic N) is 2. The van der Waals surface area contributed by atoms with E-state index in [1.54, 1.807) is 0 Å². The Morgan fingerprint density at radius 2 is 2.00 bits per heavy atom. The zero-order chi connectivity index (χ0) is 11.3. The number of halogens is 3. The Hall–Kier alpha value is -1.00. The van der Waals surface area contributed by atoms with E-state index >= 15 is 0 Å². The summed E-state index contributed by atoms with van der Waals surface area (Å²) >= 11 is 0. The Morgan fingerprint density at radius 1 is 1.40 bits per heavy atom. The summed E-state index contributed by atoms with van der Waals surface area (Å²) in [5.41, 5.74) is 0. The minimum Gasteiger partial charge on any atom is -0.381 e. The highest BCUT2D eigenvalue weighted by atomic mass is 19.4. The van der Waals surface area contributed by atoms with Gasteiger partial charge in [-0.25, -0.2) is 0 Å². The van der Waals surface area contributed by atoms with Crippen molar-refractivity contribution >= 4 is 0 Å². The molecule has 1 fully saturated rings. The summed E-state index contributed by atoms with van der Waals surface area (Å²) in [7, 11) is 0. The quantitative estimate of drug-likeness (QED) is 0.537. The van der Waals surface area contributed by atoms with Crippen molar-refractivity contribution in [1.82, 2.24) is 5.06 Å². The fraction of sp³-hybridized carbons (Fsp3) is 0.875. The molecule has 0 saturated carbocycles. The van der Waals surface area contributed by atoms with Gasteiger partial charge < -0.3 is 9.57 Å². The molecule has 1 aliphatic rings. The predicted octanol–water partition coefficient (Wildman–Crippen LogP) is 1.44. The van der Waals surface area contributed by atoms with Crippen molar-refractivity contribution < 1.29 is 22.7 Å². The van der Waals surface area contributed by atoms with Gasteiger partial charge in [0.05, 0.1) is 6.04 Å². The molecule has 0 aromatic rings. The van der Waals surface area contributed by atoms with Crippen molar-refractivity contribution in [3.8, 4) is 6.26 Å². The van der Waals surface area contributed by atoms with E-state index < -0.39 is 18.8 Å². The molecule has 0 amide bonds. The highest BCUT2D eigenvalue weighted by Gasteiger charge is 2.36. The van der Waals surface area contributed by atoms with Crippen LogP contribution in [-0.4, -0.2) is 37.0 Å². The predicted molar refractivity (Wildman–Crippen MR) is 43.3 cm³/mol. The Kier molecular flexibility index (Phi) is 4.17. The highest BCUT2D eigenvalue weighted by molar-refractivity contribution is 4.72. The average molecular weight is 224 g/mol. The number of hydroxylamine groups is 2. The van der Waals surface area contributed by atoms with Crippen LogP contribution in [0.4, 0.5) is 13.2 Å². The lowest BCUT2D eigenvalue weighted by molar-refractivity contribution is -0.229. The molecule has 7 heteroatoms. The number of rotatable bonds is 3. The summed E-state index contributed by atoms with van der Waals surface area (Å²) in [5, 5.41) is 8.93. The Labute approximate surface area is 85.1 Å². The maximum Gasteiger partial charge on any atom is 0.404 e. The topological polar surface area (TPSA) is 45.5 Å². The van der Waals surface area contributed by atoms with Gasteiger partial charge in [-0.05, 0) is 12.8 Å². The van der Waals surface area contributed by atoms with Crippen molar-refractivity contribution in [2.75, 3.05) is 19.8 Å². The standard InChI is InChI=1S/C8H11F3N2O2/c9-8(10,11)5-13(15-6-12)7-1-3-14-4-2-7/h7H,1-5H2. The van der Waals surface area contributed by atoms with Gasteiger partial charge in [-0.1, -0.05) is 0 Å². The van der Waals surface area contributed by atoms with Crippen LogP contribution in [0.2, 0.25) is 0 Å². The zero-order valence-corrected chi connectivity index (χ0v) is 7.96. The smallest absolute Gasteiger partial charge is 0.381 e. The first-order valence-electron chi connectivity index (χ1n) is 4.50. The van der Waals surface area contributed by atoms with E-state index in [1.807, 2.05) is 0 Å². The fourth-order valence-electron chi connectivity index (χ4n) is 1.44. The largest absolute Gasteiger partial charge is 0.404 e. The molecule has 0 bridgehead atoms. The third-order valence-electron chi connectivity index (χ3n) is 2.09. The normalized spacial score (nSPS) is 18.9. The molecular weight excluding hydrogens is 213 g/mol. The third kappa shape index (κ3) is 4.36. The highest BCUT2D eigenvalue weighted by Crippen LogP contribution is 2.22. The van der Waals surface area contributed by atoms with Crippen LogP contribution in [-0.2, 0) is 9.57 Å². The molecular formula is C8H11F3N2O2. The molecule has 4 nitrogen and oxygen atoms in total. The number of ether oxygens (including phenoxy) is 1. The number of nitriles is 1. The first kappa shape index (κ1) is 12.1. The summed E-state index contributed by atoms with van der Waals surface area (Å²) < 4.78 is 41.4. The molecule has 0 unspecified atom stereocenters. The lowest BCUT2D eigenvalue weighted by Gasteiger charge is -2.30. The van der Waals surface area contributed by atoms with Gasteiger partial charge in [-0.15, -0.1) is 10.3 Å². The van der Waals surface area contributed by atoms with Gasteiger partial charge in [0.1, 0.15) is 6.54 Å². The van der Waals surface area contributed by atoms with E-state index in [-0.39, 0.29) is 0 Å². The molecule has 86 valence electrons. The first-order valence-corrected chi connectivity index (χ1v) is 4.50. The molecule has 1 aliphatic heterocycles. The average Bonchev–Trinajstić information content (AvgIpc) is 2.17. The van der Waals surface area contributed by atoms with Gasteiger partial charge in [0.2, 0.25) is 0 Å². The van der Waals surface area contributed by atoms with Crippen molar-refractivity contribution in [2.24, 2.45) is 0 Å². The molecule has 0 radical (unpaired) electrons. The van der Waals surface area contributed by atoms with Gasteiger partial charge in [0, 0.05) is 13.2 Å². The molecule has 0 aliphatic carbocycles. The van der Waals surface area contributed by atoms with Crippen LogP contribution in [0, 0.1) is 11.5 Å². The van der Waals surface area contributed by atoms with E-state index in [0.717, 1.165) is 0 Å². The zero-order valence-electron chi connectivity index (χ0n) is 7.96. The summed E-state index contributed by atoms with van der Waals surface area (Å²) in [6.45, 7) is -0.438. The number of hydrogen-bond acceptors (Lipinski definition) is 4. The van der Waals surface area contributed by atoms with Crippen molar-refractivity contribution in [2.45, 2.75) is 25.1 Å². The second-order valence-electron chi connectivity index (χ2n) is 3.22. The van der Waals surface area contributed by atoms with Crippen LogP contribution < -0.4 is 0 Å². The van der Waals surface area contributed by atoms with Crippen LogP contribution in [0.1, 0.15) is 12.8 Å². The van der Waals surface area contributed by atoms with E-state index in [0.29, 0.717) is 31.1 Å². The molecule has 15 heavy (non-hydrogen) atoms. The van der Waals surface area contributed by atoms with E-state index in [4.69, 9.17) is 10.00 Å². The molecule has 0 aromatic heterocycles. The number of hydrogen-bond donors (Lipinski definition) is 0. The van der Waals surface area contributed by atoms with Gasteiger partial charge in [0.15, 0.2) is 0 Å². The monoisotopic (exact) mass is 224 g/mol. The van der Waals surface area contributed by atoms with Gasteiger partial charge in [0.25, 0.3) is 0 Å². The van der Waals surface area contributed by atoms with E-state index in [9.17, 15) is 13.2 Å². The van der Waals surface area contributed by atoms with Gasteiger partial charge >= 0.3 is 12.4 Å². The van der Waals surface area contributed by atoms with Gasteiger partial charge in [-0.3, -0.25) is 0 Å². The lowest BCUT2D eigenvalue weighted by Crippen LogP contribution is -2.43. The van der Waals surface area contributed by atoms with Crippen molar-refractivity contribution in [3.05, 3.63) is 0 Å². The Balaban J connectivity index is 2.52. The molecule has 1 rings (SSSR count). The molecule has 1 saturated heterocycles. The first-order chi connectivity index (χ1) is 7.03. The summed E-state index contributed by atoms with van der Waals surface area (Å²) in [5.74, 6) is 0. The van der Waals surface area contributed by atoms with Crippen LogP contribution in [0.15, 0.2) is 0 Å². The maximum absolute atomic E-state index is 12.1. The van der Waals surface area contributed by atoms with Crippen LogP contribution in [0.3, 0.4) is 0 Å². The Morgan fingerprint density at radius 3 is 2.47 bits per heavy atom. The van der Waals surface area contributed by atoms with E-state index in [1.165, 1.54) is 6.26 Å². The lowest BCUT2D eigenvalue weighted by atomic mass is 10.1. The second kappa shape index (κ2) is 5.19. The Bertz CT molecular complexity index is 233. The van der Waals surface area contributed by atoms with Crippen molar-refractivity contribution in [1.29, 1.82) is 5.26 Å². The van der Waals surface area contributed by atoms with Crippen molar-refractivity contribution in [3.63, 3.8) is 0 Å². The van der Waals surface area contributed by atoms with Crippen LogP contribution in [0.25, 0.3) is 0 Å². The molecule has 0 atom stereocenters. The summed E-state index contributed by atoms with van der Waals surface area (Å²) in [4.78, 5) is 4.32. The SMILES string of the molecule is N#CON(CC(F)(F)F)C1CCOCC1. The minimum atomic E-state index is -4.37. The summed E-state index contributed by atoms with van der Waals surface area (Å²) in [6, 6.07) is -0.403. The summed E-state index contributed by atoms with van der Waals surface area (Å²) in [6.07, 6.45) is -2.21. The van der Waals surface area contributed by atoms with E-state index in [2.05, 4.69) is 4.84 Å². The molecule has 1 heterocycles. The van der Waals surface area contributed by atoms with Crippen LogP contribution >= 0.6 is 0 Å². The molecule has 0 N–H and O–H groups in total. The minimum absolute atomic E-state index is 0.397. The fourth-order valence-corrected chi connectivity index (χ4v) is 1.44. The maximum atomic E-state index is 12.1. The number of alkyl halides is 3. The third-order valence-corrected chi connectivity index (χ3v) is 2.09. The molecule has 0 spiro atoms.